The molecule has 0 saturated carbocycles. The molecule has 5 nitrogen and oxygen atoms in total. The normalized spacial score (nSPS) is 18.6. The molecule has 0 spiro atoms. The van der Waals surface area contributed by atoms with Crippen LogP contribution in [0.5, 0.6) is 0 Å². The molecule has 1 heterocycles. The molecule has 1 amide bonds. The molecule has 0 bridgehead atoms. The molecule has 1 aliphatic rings. The van der Waals surface area contributed by atoms with Crippen molar-refractivity contribution in [2.75, 3.05) is 26.2 Å². The molecule has 1 saturated heterocycles. The number of benzene rings is 1. The van der Waals surface area contributed by atoms with Gasteiger partial charge in [-0.15, -0.1) is 24.8 Å². The first-order valence-electron chi connectivity index (χ1n) is 8.92. The van der Waals surface area contributed by atoms with E-state index < -0.39 is 0 Å². The van der Waals surface area contributed by atoms with Crippen molar-refractivity contribution < 1.29 is 9.53 Å². The van der Waals surface area contributed by atoms with E-state index in [4.69, 9.17) is 22.1 Å². The highest BCUT2D eigenvalue weighted by Crippen LogP contribution is 2.27. The van der Waals surface area contributed by atoms with E-state index in [0.29, 0.717) is 31.0 Å². The van der Waals surface area contributed by atoms with Crippen LogP contribution in [-0.4, -0.2) is 48.7 Å². The smallest absolute Gasteiger partial charge is 0.220 e. The van der Waals surface area contributed by atoms with E-state index in [2.05, 4.69) is 24.1 Å². The summed E-state index contributed by atoms with van der Waals surface area (Å²) in [5, 5.41) is 3.78. The third kappa shape index (κ3) is 8.99. The van der Waals surface area contributed by atoms with Gasteiger partial charge in [-0.25, -0.2) is 0 Å². The number of halogens is 3. The first kappa shape index (κ1) is 26.4. The number of nitrogens with two attached hydrogens (primary N) is 1. The Morgan fingerprint density at radius 3 is 2.52 bits per heavy atom. The molecular weight excluding hydrogens is 409 g/mol. The van der Waals surface area contributed by atoms with E-state index in [0.717, 1.165) is 18.7 Å². The molecule has 2 unspecified atom stereocenters. The minimum absolute atomic E-state index is 0. The van der Waals surface area contributed by atoms with Gasteiger partial charge in [0.05, 0.1) is 18.2 Å². The van der Waals surface area contributed by atoms with Gasteiger partial charge in [0.1, 0.15) is 0 Å². The summed E-state index contributed by atoms with van der Waals surface area (Å²) >= 11 is 6.03. The first-order valence-corrected chi connectivity index (χ1v) is 9.30. The number of hydrogen-bond acceptors (Lipinski definition) is 4. The Morgan fingerprint density at radius 2 is 1.96 bits per heavy atom. The van der Waals surface area contributed by atoms with Crippen LogP contribution in [-0.2, 0) is 9.53 Å². The van der Waals surface area contributed by atoms with Gasteiger partial charge in [-0.3, -0.25) is 9.69 Å². The van der Waals surface area contributed by atoms with Crippen LogP contribution in [0.15, 0.2) is 24.3 Å². The molecule has 0 radical (unpaired) electrons. The molecule has 1 aromatic rings. The standard InChI is InChI=1S/C19H30ClN3O2.2ClH/c1-14(21)4-9-18(24)22-12-17(15-5-7-16(20)8-6-15)23-10-11-25-19(2,3)13-23;;/h5-8,14,17H,4,9-13,21H2,1-3H3,(H,22,24);2*1H. The number of ether oxygens (including phenoxy) is 1. The van der Waals surface area contributed by atoms with Gasteiger partial charge in [-0.05, 0) is 44.9 Å². The Morgan fingerprint density at radius 1 is 1.33 bits per heavy atom. The van der Waals surface area contributed by atoms with E-state index in [9.17, 15) is 4.79 Å². The van der Waals surface area contributed by atoms with Crippen molar-refractivity contribution in [2.24, 2.45) is 5.73 Å². The molecule has 2 atom stereocenters. The zero-order chi connectivity index (χ0) is 18.4. The summed E-state index contributed by atoms with van der Waals surface area (Å²) in [7, 11) is 0. The second-order valence-corrected chi connectivity index (χ2v) is 7.90. The first-order chi connectivity index (χ1) is 11.8. The average Bonchev–Trinajstić information content (AvgIpc) is 2.54. The quantitative estimate of drug-likeness (QED) is 0.680. The number of nitrogens with one attached hydrogen (secondary N) is 1. The van der Waals surface area contributed by atoms with Gasteiger partial charge in [0, 0.05) is 37.1 Å². The molecule has 1 aromatic carbocycles. The fourth-order valence-electron chi connectivity index (χ4n) is 3.12. The van der Waals surface area contributed by atoms with E-state index in [-0.39, 0.29) is 48.4 Å². The van der Waals surface area contributed by atoms with Gasteiger partial charge in [0.2, 0.25) is 5.91 Å². The van der Waals surface area contributed by atoms with Crippen molar-refractivity contribution in [1.82, 2.24) is 10.2 Å². The van der Waals surface area contributed by atoms with Crippen LogP contribution in [0, 0.1) is 0 Å². The molecule has 1 fully saturated rings. The van der Waals surface area contributed by atoms with Gasteiger partial charge < -0.3 is 15.8 Å². The molecule has 156 valence electrons. The van der Waals surface area contributed by atoms with E-state index in [1.807, 2.05) is 31.2 Å². The van der Waals surface area contributed by atoms with Gasteiger partial charge in [-0.1, -0.05) is 23.7 Å². The van der Waals surface area contributed by atoms with Crippen LogP contribution in [0.1, 0.15) is 45.2 Å². The Labute approximate surface area is 180 Å². The lowest BCUT2D eigenvalue weighted by Crippen LogP contribution is -2.51. The molecule has 0 aromatic heterocycles. The van der Waals surface area contributed by atoms with Crippen molar-refractivity contribution in [3.63, 3.8) is 0 Å². The molecule has 1 aliphatic heterocycles. The number of carbonyl (C=O) groups is 1. The molecular formula is C19H32Cl3N3O2. The Bertz CT molecular complexity index is 568. The zero-order valence-electron chi connectivity index (χ0n) is 16.2. The second-order valence-electron chi connectivity index (χ2n) is 7.47. The maximum absolute atomic E-state index is 12.1. The lowest BCUT2D eigenvalue weighted by Gasteiger charge is -2.42. The van der Waals surface area contributed by atoms with Gasteiger partial charge in [0.25, 0.3) is 0 Å². The third-order valence-electron chi connectivity index (χ3n) is 4.47. The van der Waals surface area contributed by atoms with Crippen molar-refractivity contribution in [3.05, 3.63) is 34.9 Å². The Hall–Kier alpha value is -0.560. The summed E-state index contributed by atoms with van der Waals surface area (Å²) in [5.41, 5.74) is 6.69. The van der Waals surface area contributed by atoms with E-state index >= 15 is 0 Å². The van der Waals surface area contributed by atoms with Crippen LogP contribution in [0.25, 0.3) is 0 Å². The minimum atomic E-state index is -0.193. The van der Waals surface area contributed by atoms with Crippen LogP contribution >= 0.6 is 36.4 Å². The third-order valence-corrected chi connectivity index (χ3v) is 4.72. The number of rotatable bonds is 7. The van der Waals surface area contributed by atoms with Crippen LogP contribution in [0.4, 0.5) is 0 Å². The van der Waals surface area contributed by atoms with Crippen molar-refractivity contribution in [1.29, 1.82) is 0 Å². The summed E-state index contributed by atoms with van der Waals surface area (Å²) < 4.78 is 5.83. The fourth-order valence-corrected chi connectivity index (χ4v) is 3.25. The zero-order valence-corrected chi connectivity index (χ0v) is 18.6. The fraction of sp³-hybridized carbons (Fsp3) is 0.632. The SMILES string of the molecule is CC(N)CCC(=O)NCC(c1ccc(Cl)cc1)N1CCOC(C)(C)C1.Cl.Cl. The maximum atomic E-state index is 12.1. The summed E-state index contributed by atoms with van der Waals surface area (Å²) in [4.78, 5) is 14.5. The van der Waals surface area contributed by atoms with Gasteiger partial charge in [-0.2, -0.15) is 0 Å². The van der Waals surface area contributed by atoms with Crippen molar-refractivity contribution >= 4 is 42.3 Å². The molecule has 3 N–H and O–H groups in total. The number of morpholine rings is 1. The highest BCUT2D eigenvalue weighted by atomic mass is 35.5. The van der Waals surface area contributed by atoms with E-state index in [1.165, 1.54) is 0 Å². The predicted molar refractivity (Wildman–Crippen MR) is 116 cm³/mol. The highest BCUT2D eigenvalue weighted by Gasteiger charge is 2.32. The molecule has 0 aliphatic carbocycles. The average molecular weight is 441 g/mol. The lowest BCUT2D eigenvalue weighted by atomic mass is 10.0. The summed E-state index contributed by atoms with van der Waals surface area (Å²) in [6, 6.07) is 7.99. The topological polar surface area (TPSA) is 67.6 Å². The van der Waals surface area contributed by atoms with Crippen molar-refractivity contribution in [3.8, 4) is 0 Å². The minimum Gasteiger partial charge on any atom is -0.373 e. The Balaban J connectivity index is 0.00000338. The monoisotopic (exact) mass is 439 g/mol. The number of nitrogens with zero attached hydrogens (tertiary/aromatic N) is 1. The summed E-state index contributed by atoms with van der Waals surface area (Å²) in [6.45, 7) is 9.02. The molecule has 8 heteroatoms. The van der Waals surface area contributed by atoms with E-state index in [1.54, 1.807) is 0 Å². The van der Waals surface area contributed by atoms with Gasteiger partial charge in [0.15, 0.2) is 0 Å². The highest BCUT2D eigenvalue weighted by molar-refractivity contribution is 6.30. The largest absolute Gasteiger partial charge is 0.373 e. The number of carbonyl (C=O) groups excluding carboxylic acids is 1. The second kappa shape index (κ2) is 12.1. The van der Waals surface area contributed by atoms with Crippen LogP contribution in [0.2, 0.25) is 5.02 Å². The summed E-state index contributed by atoms with van der Waals surface area (Å²) in [5.74, 6) is 0.0452. The van der Waals surface area contributed by atoms with Crippen LogP contribution in [0.3, 0.4) is 0 Å². The molecule has 2 rings (SSSR count). The maximum Gasteiger partial charge on any atom is 0.220 e. The van der Waals surface area contributed by atoms with Gasteiger partial charge >= 0.3 is 0 Å². The lowest BCUT2D eigenvalue weighted by molar-refractivity contribution is -0.122. The number of amides is 1. The van der Waals surface area contributed by atoms with Crippen LogP contribution < -0.4 is 11.1 Å². The molecule has 27 heavy (non-hydrogen) atoms. The Kier molecular flexibility index (Phi) is 11.8. The van der Waals surface area contributed by atoms with Crippen molar-refractivity contribution in [2.45, 2.75) is 51.3 Å². The predicted octanol–water partition coefficient (Wildman–Crippen LogP) is 3.58. The summed E-state index contributed by atoms with van der Waals surface area (Å²) in [6.07, 6.45) is 1.15. The number of hydrogen-bond donors (Lipinski definition) is 2.